The number of likely N-dealkylation sites (tertiary alicyclic amines) is 1. The van der Waals surface area contributed by atoms with Crippen LogP contribution in [0.15, 0.2) is 18.2 Å². The Morgan fingerprint density at radius 1 is 1.16 bits per heavy atom. The van der Waals surface area contributed by atoms with E-state index in [-0.39, 0.29) is 18.5 Å². The van der Waals surface area contributed by atoms with Crippen molar-refractivity contribution in [1.82, 2.24) is 4.90 Å². The molecule has 2 atom stereocenters. The van der Waals surface area contributed by atoms with E-state index < -0.39 is 35.8 Å². The van der Waals surface area contributed by atoms with Crippen molar-refractivity contribution in [2.24, 2.45) is 17.8 Å². The molecule has 9 heteroatoms. The third-order valence-electron chi connectivity index (χ3n) is 6.43. The van der Waals surface area contributed by atoms with Gasteiger partial charge in [0.2, 0.25) is 5.91 Å². The number of aryl methyl sites for hydroxylation is 1. The van der Waals surface area contributed by atoms with Gasteiger partial charge in [-0.25, -0.2) is 4.39 Å². The zero-order valence-corrected chi connectivity index (χ0v) is 17.4. The standard InChI is InChI=1S/C22H28F4N2O3/c1-13(22(24,25)26)20(28-10-8-16(9-11-28)15-4-5-15)21(31)27-18-12-14(2-6-17(18)23)3-7-19(29)30/h2,6,12-13,15-16,20H,3-5,7-11H2,1H3,(H,27,31)(H,29,30)/t13-,20-/m1/s1. The Hall–Kier alpha value is -2.16. The molecule has 0 aromatic heterocycles. The van der Waals surface area contributed by atoms with Gasteiger partial charge in [0.1, 0.15) is 11.9 Å². The van der Waals surface area contributed by atoms with Crippen LogP contribution in [0.3, 0.4) is 0 Å². The molecule has 1 amide bonds. The summed E-state index contributed by atoms with van der Waals surface area (Å²) in [7, 11) is 0. The number of halogens is 4. The number of rotatable bonds is 8. The molecule has 31 heavy (non-hydrogen) atoms. The normalized spacial score (nSPS) is 20.3. The lowest BCUT2D eigenvalue weighted by molar-refractivity contribution is -0.189. The summed E-state index contributed by atoms with van der Waals surface area (Å²) in [5.41, 5.74) is 0.241. The largest absolute Gasteiger partial charge is 0.481 e. The molecule has 1 saturated carbocycles. The molecule has 0 radical (unpaired) electrons. The summed E-state index contributed by atoms with van der Waals surface area (Å²) in [5.74, 6) is -3.45. The molecule has 2 aliphatic rings. The first kappa shape index (κ1) is 23.5. The molecule has 1 saturated heterocycles. The molecular weight excluding hydrogens is 416 g/mol. The topological polar surface area (TPSA) is 69.6 Å². The van der Waals surface area contributed by atoms with Gasteiger partial charge in [-0.2, -0.15) is 13.2 Å². The number of piperidine rings is 1. The summed E-state index contributed by atoms with van der Waals surface area (Å²) >= 11 is 0. The first-order valence-electron chi connectivity index (χ1n) is 10.7. The number of amides is 1. The van der Waals surface area contributed by atoms with E-state index in [9.17, 15) is 27.2 Å². The van der Waals surface area contributed by atoms with Crippen LogP contribution in [-0.4, -0.2) is 47.2 Å². The van der Waals surface area contributed by atoms with Crippen LogP contribution >= 0.6 is 0 Å². The third kappa shape index (κ3) is 6.18. The fourth-order valence-corrected chi connectivity index (χ4v) is 4.41. The minimum absolute atomic E-state index is 0.121. The van der Waals surface area contributed by atoms with Gasteiger partial charge in [0.15, 0.2) is 0 Å². The van der Waals surface area contributed by atoms with Crippen molar-refractivity contribution in [1.29, 1.82) is 0 Å². The highest BCUT2D eigenvalue weighted by atomic mass is 19.4. The molecule has 0 spiro atoms. The number of alkyl halides is 3. The van der Waals surface area contributed by atoms with E-state index in [0.717, 1.165) is 25.8 Å². The Morgan fingerprint density at radius 2 is 1.77 bits per heavy atom. The molecule has 0 unspecified atom stereocenters. The second-order valence-electron chi connectivity index (χ2n) is 8.68. The first-order chi connectivity index (χ1) is 14.6. The van der Waals surface area contributed by atoms with E-state index >= 15 is 0 Å². The van der Waals surface area contributed by atoms with Crippen molar-refractivity contribution in [3.05, 3.63) is 29.6 Å². The zero-order valence-electron chi connectivity index (χ0n) is 17.4. The van der Waals surface area contributed by atoms with Crippen LogP contribution in [0.2, 0.25) is 0 Å². The molecule has 3 rings (SSSR count). The number of nitrogens with one attached hydrogen (secondary N) is 1. The average Bonchev–Trinajstić information content (AvgIpc) is 3.54. The van der Waals surface area contributed by atoms with Gasteiger partial charge < -0.3 is 10.4 Å². The number of aliphatic carboxylic acids is 1. The molecule has 2 N–H and O–H groups in total. The number of nitrogens with zero attached hydrogens (tertiary/aromatic N) is 1. The highest BCUT2D eigenvalue weighted by Gasteiger charge is 2.48. The lowest BCUT2D eigenvalue weighted by Crippen LogP contribution is -2.54. The fourth-order valence-electron chi connectivity index (χ4n) is 4.41. The Morgan fingerprint density at radius 3 is 2.32 bits per heavy atom. The number of carbonyl (C=O) groups excluding carboxylic acids is 1. The molecule has 1 aliphatic carbocycles. The molecule has 1 aliphatic heterocycles. The number of anilines is 1. The van der Waals surface area contributed by atoms with E-state index in [0.29, 0.717) is 30.5 Å². The zero-order chi connectivity index (χ0) is 22.8. The number of benzene rings is 1. The molecule has 5 nitrogen and oxygen atoms in total. The second-order valence-corrected chi connectivity index (χ2v) is 8.68. The van der Waals surface area contributed by atoms with Crippen LogP contribution in [0.4, 0.5) is 23.2 Å². The van der Waals surface area contributed by atoms with Crippen LogP contribution in [0.25, 0.3) is 0 Å². The Kier molecular flexibility index (Phi) is 7.24. The van der Waals surface area contributed by atoms with Gasteiger partial charge in [-0.15, -0.1) is 0 Å². The molecule has 1 aromatic carbocycles. The fraction of sp³-hybridized carbons (Fsp3) is 0.636. The van der Waals surface area contributed by atoms with Gasteiger partial charge in [-0.05, 0) is 74.7 Å². The number of hydrogen-bond acceptors (Lipinski definition) is 3. The van der Waals surface area contributed by atoms with E-state index in [1.54, 1.807) is 4.90 Å². The van der Waals surface area contributed by atoms with E-state index in [1.165, 1.54) is 25.0 Å². The van der Waals surface area contributed by atoms with E-state index in [1.807, 2.05) is 0 Å². The Balaban J connectivity index is 1.75. The number of carboxylic acid groups (broad SMARTS) is 1. The summed E-state index contributed by atoms with van der Waals surface area (Å²) in [5, 5.41) is 11.1. The lowest BCUT2D eigenvalue weighted by atomic mass is 9.89. The van der Waals surface area contributed by atoms with Crippen molar-refractivity contribution in [3.63, 3.8) is 0 Å². The van der Waals surface area contributed by atoms with Crippen LogP contribution < -0.4 is 5.32 Å². The second kappa shape index (κ2) is 9.54. The van der Waals surface area contributed by atoms with Gasteiger partial charge in [0.05, 0.1) is 11.6 Å². The van der Waals surface area contributed by atoms with Crippen LogP contribution in [0, 0.1) is 23.6 Å². The summed E-state index contributed by atoms with van der Waals surface area (Å²) in [6.45, 7) is 1.79. The molecule has 172 valence electrons. The number of carboxylic acids is 1. The summed E-state index contributed by atoms with van der Waals surface area (Å²) in [6, 6.07) is 2.30. The van der Waals surface area contributed by atoms with Crippen molar-refractivity contribution in [3.8, 4) is 0 Å². The van der Waals surface area contributed by atoms with Crippen molar-refractivity contribution in [2.75, 3.05) is 18.4 Å². The van der Waals surface area contributed by atoms with Gasteiger partial charge in [-0.1, -0.05) is 13.0 Å². The quantitative estimate of drug-likeness (QED) is 0.581. The minimum atomic E-state index is -4.57. The minimum Gasteiger partial charge on any atom is -0.481 e. The average molecular weight is 444 g/mol. The predicted molar refractivity (Wildman–Crippen MR) is 107 cm³/mol. The van der Waals surface area contributed by atoms with Crippen molar-refractivity contribution < 1.29 is 32.3 Å². The maximum atomic E-state index is 14.2. The van der Waals surface area contributed by atoms with Gasteiger partial charge in [-0.3, -0.25) is 14.5 Å². The SMILES string of the molecule is C[C@H]([C@H](C(=O)Nc1cc(CCC(=O)O)ccc1F)N1CCC(C2CC2)CC1)C(F)(F)F. The van der Waals surface area contributed by atoms with Crippen LogP contribution in [-0.2, 0) is 16.0 Å². The maximum absolute atomic E-state index is 14.2. The Bertz CT molecular complexity index is 802. The van der Waals surface area contributed by atoms with E-state index in [4.69, 9.17) is 5.11 Å². The smallest absolute Gasteiger partial charge is 0.393 e. The van der Waals surface area contributed by atoms with Crippen molar-refractivity contribution >= 4 is 17.6 Å². The van der Waals surface area contributed by atoms with Gasteiger partial charge in [0.25, 0.3) is 0 Å². The molecular formula is C22H28F4N2O3. The molecule has 1 heterocycles. The number of carbonyl (C=O) groups is 2. The van der Waals surface area contributed by atoms with Crippen LogP contribution in [0.5, 0.6) is 0 Å². The molecule has 2 fully saturated rings. The summed E-state index contributed by atoms with van der Waals surface area (Å²) < 4.78 is 54.9. The highest BCUT2D eigenvalue weighted by molar-refractivity contribution is 5.95. The third-order valence-corrected chi connectivity index (χ3v) is 6.43. The molecule has 1 aromatic rings. The Labute approximate surface area is 178 Å². The summed E-state index contributed by atoms with van der Waals surface area (Å²) in [6.07, 6.45) is -0.762. The van der Waals surface area contributed by atoms with Crippen molar-refractivity contribution in [2.45, 2.75) is 57.7 Å². The monoisotopic (exact) mass is 444 g/mol. The predicted octanol–water partition coefficient (Wildman–Crippen LogP) is 4.47. The van der Waals surface area contributed by atoms with Gasteiger partial charge in [0, 0.05) is 6.42 Å². The van der Waals surface area contributed by atoms with Crippen LogP contribution in [0.1, 0.15) is 44.6 Å². The van der Waals surface area contributed by atoms with E-state index in [2.05, 4.69) is 5.32 Å². The molecule has 0 bridgehead atoms. The highest BCUT2D eigenvalue weighted by Crippen LogP contribution is 2.43. The first-order valence-corrected chi connectivity index (χ1v) is 10.7. The van der Waals surface area contributed by atoms with Gasteiger partial charge >= 0.3 is 12.1 Å². The number of hydrogen-bond donors (Lipinski definition) is 2. The maximum Gasteiger partial charge on any atom is 0.393 e. The summed E-state index contributed by atoms with van der Waals surface area (Å²) in [4.78, 5) is 25.3. The lowest BCUT2D eigenvalue weighted by Gasteiger charge is -2.39.